The van der Waals surface area contributed by atoms with E-state index in [4.69, 9.17) is 0 Å². The third-order valence-corrected chi connectivity index (χ3v) is 6.07. The van der Waals surface area contributed by atoms with Crippen molar-refractivity contribution in [1.29, 1.82) is 0 Å². The molecular formula is C24H28N2O3S. The minimum atomic E-state index is -0.446. The predicted molar refractivity (Wildman–Crippen MR) is 122 cm³/mol. The van der Waals surface area contributed by atoms with Gasteiger partial charge in [0.25, 0.3) is 0 Å². The maximum Gasteiger partial charge on any atom is 0.247 e. The van der Waals surface area contributed by atoms with Gasteiger partial charge in [0.2, 0.25) is 17.7 Å². The first-order valence-corrected chi connectivity index (χ1v) is 10.9. The van der Waals surface area contributed by atoms with E-state index in [1.807, 2.05) is 77.1 Å². The summed E-state index contributed by atoms with van der Waals surface area (Å²) in [5.74, 6) is -0.366. The van der Waals surface area contributed by atoms with Crippen LogP contribution < -0.4 is 10.2 Å². The quantitative estimate of drug-likeness (QED) is 0.678. The Bertz CT molecular complexity index is 957. The maximum absolute atomic E-state index is 13.0. The second-order valence-corrected chi connectivity index (χ2v) is 10.2. The van der Waals surface area contributed by atoms with Gasteiger partial charge < -0.3 is 5.32 Å². The van der Waals surface area contributed by atoms with E-state index in [0.717, 1.165) is 21.7 Å². The van der Waals surface area contributed by atoms with E-state index < -0.39 is 5.25 Å². The van der Waals surface area contributed by atoms with Gasteiger partial charge in [-0.1, -0.05) is 39.0 Å². The monoisotopic (exact) mass is 424 g/mol. The number of hydrogen-bond donors (Lipinski definition) is 1. The molecule has 158 valence electrons. The molecule has 1 unspecified atom stereocenters. The molecule has 1 atom stereocenters. The standard InChI is InChI=1S/C24H28N2O3S/c1-15-7-6-8-16(2)22(15)26-21(28)13-19(23(26)29)30-18-11-9-17(10-12-18)25-20(27)14-24(3,4)5/h6-12,19H,13-14H2,1-5H3,(H,25,27). The van der Waals surface area contributed by atoms with Crippen molar-refractivity contribution in [1.82, 2.24) is 0 Å². The Hall–Kier alpha value is -2.60. The third kappa shape index (κ3) is 5.11. The van der Waals surface area contributed by atoms with E-state index in [2.05, 4.69) is 5.32 Å². The number of para-hydroxylation sites is 1. The second kappa shape index (κ2) is 8.64. The van der Waals surface area contributed by atoms with Crippen LogP contribution in [0.1, 0.15) is 44.7 Å². The molecule has 5 nitrogen and oxygen atoms in total. The van der Waals surface area contributed by atoms with Gasteiger partial charge in [-0.3, -0.25) is 14.4 Å². The number of carbonyl (C=O) groups is 3. The van der Waals surface area contributed by atoms with E-state index in [0.29, 0.717) is 12.1 Å². The highest BCUT2D eigenvalue weighted by Crippen LogP contribution is 2.36. The average molecular weight is 425 g/mol. The highest BCUT2D eigenvalue weighted by molar-refractivity contribution is 8.00. The van der Waals surface area contributed by atoms with Crippen molar-refractivity contribution in [3.05, 3.63) is 53.6 Å². The number of thioether (sulfide) groups is 1. The summed E-state index contributed by atoms with van der Waals surface area (Å²) < 4.78 is 0. The number of nitrogens with zero attached hydrogens (tertiary/aromatic N) is 1. The molecule has 0 spiro atoms. The fourth-order valence-electron chi connectivity index (χ4n) is 3.56. The number of amides is 3. The topological polar surface area (TPSA) is 66.5 Å². The second-order valence-electron chi connectivity index (χ2n) is 8.93. The largest absolute Gasteiger partial charge is 0.326 e. The molecule has 1 saturated heterocycles. The van der Waals surface area contributed by atoms with Gasteiger partial charge in [-0.05, 0) is 54.7 Å². The van der Waals surface area contributed by atoms with Crippen molar-refractivity contribution in [2.75, 3.05) is 10.2 Å². The number of imide groups is 1. The maximum atomic E-state index is 13.0. The van der Waals surface area contributed by atoms with Crippen molar-refractivity contribution in [2.45, 2.75) is 57.6 Å². The van der Waals surface area contributed by atoms with Crippen LogP contribution in [0.15, 0.2) is 47.4 Å². The molecule has 0 radical (unpaired) electrons. The molecule has 1 aliphatic rings. The third-order valence-electron chi connectivity index (χ3n) is 4.88. The Morgan fingerprint density at radius 3 is 2.23 bits per heavy atom. The van der Waals surface area contributed by atoms with Gasteiger partial charge in [0.05, 0.1) is 10.9 Å². The van der Waals surface area contributed by atoms with Gasteiger partial charge in [-0.2, -0.15) is 0 Å². The molecule has 0 aliphatic carbocycles. The molecule has 0 bridgehead atoms. The summed E-state index contributed by atoms with van der Waals surface area (Å²) in [7, 11) is 0. The van der Waals surface area contributed by atoms with Crippen LogP contribution in [0.5, 0.6) is 0 Å². The molecule has 6 heteroatoms. The molecule has 30 heavy (non-hydrogen) atoms. The Morgan fingerprint density at radius 1 is 1.07 bits per heavy atom. The summed E-state index contributed by atoms with van der Waals surface area (Å²) in [4.78, 5) is 39.9. The first-order chi connectivity index (χ1) is 14.0. The number of anilines is 2. The summed E-state index contributed by atoms with van der Waals surface area (Å²) in [6.07, 6.45) is 0.623. The SMILES string of the molecule is Cc1cccc(C)c1N1C(=O)CC(Sc2ccc(NC(=O)CC(C)(C)C)cc2)C1=O. The highest BCUT2D eigenvalue weighted by atomic mass is 32.2. The van der Waals surface area contributed by atoms with Crippen LogP contribution >= 0.6 is 11.8 Å². The summed E-state index contributed by atoms with van der Waals surface area (Å²) >= 11 is 1.39. The Labute approximate surface area is 182 Å². The van der Waals surface area contributed by atoms with Gasteiger partial charge >= 0.3 is 0 Å². The summed E-state index contributed by atoms with van der Waals surface area (Å²) in [6, 6.07) is 13.1. The predicted octanol–water partition coefficient (Wildman–Crippen LogP) is 5.10. The molecule has 1 fully saturated rings. The van der Waals surface area contributed by atoms with E-state index in [1.54, 1.807) is 0 Å². The number of nitrogens with one attached hydrogen (secondary N) is 1. The molecule has 1 heterocycles. The Balaban J connectivity index is 1.68. The number of rotatable bonds is 5. The summed E-state index contributed by atoms with van der Waals surface area (Å²) in [5, 5.41) is 2.45. The fourth-order valence-corrected chi connectivity index (χ4v) is 4.61. The smallest absolute Gasteiger partial charge is 0.247 e. The first kappa shape index (κ1) is 22.1. The Morgan fingerprint density at radius 2 is 1.67 bits per heavy atom. The lowest BCUT2D eigenvalue weighted by atomic mass is 9.92. The van der Waals surface area contributed by atoms with E-state index >= 15 is 0 Å². The van der Waals surface area contributed by atoms with E-state index in [9.17, 15) is 14.4 Å². The van der Waals surface area contributed by atoms with Crippen LogP contribution in [0.3, 0.4) is 0 Å². The lowest BCUT2D eigenvalue weighted by Crippen LogP contribution is -2.32. The number of hydrogen-bond acceptors (Lipinski definition) is 4. The molecule has 1 N–H and O–H groups in total. The first-order valence-electron chi connectivity index (χ1n) is 10.0. The number of aryl methyl sites for hydroxylation is 2. The van der Waals surface area contributed by atoms with Crippen LogP contribution in [0.2, 0.25) is 0 Å². The number of carbonyl (C=O) groups excluding carboxylic acids is 3. The molecule has 3 rings (SSSR count). The van der Waals surface area contributed by atoms with Crippen molar-refractivity contribution < 1.29 is 14.4 Å². The highest BCUT2D eigenvalue weighted by Gasteiger charge is 2.41. The molecule has 2 aromatic rings. The summed E-state index contributed by atoms with van der Waals surface area (Å²) in [5.41, 5.74) is 3.18. The zero-order valence-electron chi connectivity index (χ0n) is 18.1. The van der Waals surface area contributed by atoms with Crippen molar-refractivity contribution in [3.63, 3.8) is 0 Å². The van der Waals surface area contributed by atoms with Crippen LogP contribution in [0.25, 0.3) is 0 Å². The van der Waals surface area contributed by atoms with Crippen molar-refractivity contribution >= 4 is 40.9 Å². The van der Waals surface area contributed by atoms with E-state index in [-0.39, 0.29) is 29.6 Å². The minimum absolute atomic E-state index is 0.0243. The zero-order valence-corrected chi connectivity index (χ0v) is 18.9. The van der Waals surface area contributed by atoms with Crippen molar-refractivity contribution in [3.8, 4) is 0 Å². The van der Waals surface area contributed by atoms with Crippen LogP contribution in [-0.4, -0.2) is 23.0 Å². The lowest BCUT2D eigenvalue weighted by molar-refractivity contribution is -0.121. The molecule has 1 aliphatic heterocycles. The molecule has 2 aromatic carbocycles. The zero-order chi connectivity index (χ0) is 22.1. The van der Waals surface area contributed by atoms with Gasteiger partial charge in [0.1, 0.15) is 0 Å². The molecule has 3 amide bonds. The average Bonchev–Trinajstić information content (AvgIpc) is 2.89. The molecular weight excluding hydrogens is 396 g/mol. The van der Waals surface area contributed by atoms with Gasteiger partial charge in [0, 0.05) is 23.4 Å². The van der Waals surface area contributed by atoms with Gasteiger partial charge in [-0.25, -0.2) is 4.90 Å². The molecule has 0 saturated carbocycles. The lowest BCUT2D eigenvalue weighted by Gasteiger charge is -2.19. The fraction of sp³-hybridized carbons (Fsp3) is 0.375. The van der Waals surface area contributed by atoms with Crippen LogP contribution in [0, 0.1) is 19.3 Å². The number of benzene rings is 2. The van der Waals surface area contributed by atoms with Crippen LogP contribution in [0.4, 0.5) is 11.4 Å². The van der Waals surface area contributed by atoms with Crippen LogP contribution in [-0.2, 0) is 14.4 Å². The normalized spacial score (nSPS) is 16.8. The van der Waals surface area contributed by atoms with Gasteiger partial charge in [-0.15, -0.1) is 11.8 Å². The minimum Gasteiger partial charge on any atom is -0.326 e. The molecule has 0 aromatic heterocycles. The van der Waals surface area contributed by atoms with Gasteiger partial charge in [0.15, 0.2) is 0 Å². The summed E-state index contributed by atoms with van der Waals surface area (Å²) in [6.45, 7) is 9.89. The van der Waals surface area contributed by atoms with Crippen molar-refractivity contribution in [2.24, 2.45) is 5.41 Å². The van der Waals surface area contributed by atoms with E-state index in [1.165, 1.54) is 16.7 Å². The Kier molecular flexibility index (Phi) is 6.36.